The molecule has 1 heterocycles. The molecule has 0 amide bonds. The van der Waals surface area contributed by atoms with Crippen LogP contribution in [-0.4, -0.2) is 25.8 Å². The first-order valence-corrected chi connectivity index (χ1v) is 7.53. The Kier molecular flexibility index (Phi) is 4.36. The second kappa shape index (κ2) is 5.95. The molecular weight excluding hydrogens is 296 g/mol. The fourth-order valence-corrected chi connectivity index (χ4v) is 3.06. The molecular formula is C17H22N2O4. The lowest BCUT2D eigenvalue weighted by molar-refractivity contribution is -0.120. The van der Waals surface area contributed by atoms with E-state index in [4.69, 9.17) is 0 Å². The first-order chi connectivity index (χ1) is 10.8. The Hall–Kier alpha value is -2.50. The summed E-state index contributed by atoms with van der Waals surface area (Å²) in [7, 11) is 0. The van der Waals surface area contributed by atoms with Crippen molar-refractivity contribution in [3.63, 3.8) is 0 Å². The maximum atomic E-state index is 12.6. The van der Waals surface area contributed by atoms with E-state index in [1.807, 2.05) is 6.92 Å². The maximum absolute atomic E-state index is 12.6. The minimum absolute atomic E-state index is 0.0381. The first kappa shape index (κ1) is 16.9. The molecule has 0 aromatic carbocycles. The number of hydrogen-bond acceptors (Lipinski definition) is 4. The zero-order valence-electron chi connectivity index (χ0n) is 13.8. The molecule has 2 rings (SSSR count). The average Bonchev–Trinajstić information content (AvgIpc) is 2.79. The van der Waals surface area contributed by atoms with E-state index in [1.54, 1.807) is 26.8 Å². The third-order valence-corrected chi connectivity index (χ3v) is 4.42. The molecule has 0 bridgehead atoms. The van der Waals surface area contributed by atoms with Crippen LogP contribution in [0.3, 0.4) is 0 Å². The summed E-state index contributed by atoms with van der Waals surface area (Å²) in [4.78, 5) is 24.9. The summed E-state index contributed by atoms with van der Waals surface area (Å²) >= 11 is 0. The molecule has 1 aromatic rings. The van der Waals surface area contributed by atoms with Crippen molar-refractivity contribution < 1.29 is 15.0 Å². The van der Waals surface area contributed by atoms with E-state index < -0.39 is 11.8 Å². The van der Waals surface area contributed by atoms with E-state index in [0.29, 0.717) is 12.2 Å². The van der Waals surface area contributed by atoms with Gasteiger partial charge in [-0.05, 0) is 27.7 Å². The van der Waals surface area contributed by atoms with Crippen molar-refractivity contribution in [2.24, 2.45) is 11.8 Å². The van der Waals surface area contributed by atoms with E-state index in [-0.39, 0.29) is 34.0 Å². The minimum Gasteiger partial charge on any atom is -0.512 e. The molecule has 124 valence electrons. The number of carbonyl (C=O) groups is 1. The largest absolute Gasteiger partial charge is 0.512 e. The number of carbonyl (C=O) groups excluding carboxylic acids is 1. The number of ketones is 1. The summed E-state index contributed by atoms with van der Waals surface area (Å²) in [5.41, 5.74) is 1.17. The Balaban J connectivity index is 2.55. The molecule has 23 heavy (non-hydrogen) atoms. The predicted octanol–water partition coefficient (Wildman–Crippen LogP) is 2.63. The monoisotopic (exact) mass is 318 g/mol. The average molecular weight is 318 g/mol. The van der Waals surface area contributed by atoms with Crippen LogP contribution >= 0.6 is 0 Å². The highest BCUT2D eigenvalue weighted by Crippen LogP contribution is 2.44. The van der Waals surface area contributed by atoms with Crippen LogP contribution in [0.2, 0.25) is 0 Å². The number of Topliss-reactive ketones (excluding diaryl/α,β-unsaturated/α-hetero) is 1. The van der Waals surface area contributed by atoms with Crippen molar-refractivity contribution in [2.45, 2.75) is 34.2 Å². The molecule has 0 saturated carbocycles. The van der Waals surface area contributed by atoms with E-state index in [1.165, 1.54) is 4.68 Å². The number of aromatic nitrogens is 2. The van der Waals surface area contributed by atoms with Crippen molar-refractivity contribution in [1.29, 1.82) is 0 Å². The van der Waals surface area contributed by atoms with Gasteiger partial charge in [-0.1, -0.05) is 18.2 Å². The maximum Gasteiger partial charge on any atom is 0.274 e. The number of rotatable bonds is 5. The van der Waals surface area contributed by atoms with Crippen LogP contribution in [0.5, 0.6) is 0 Å². The van der Waals surface area contributed by atoms with Gasteiger partial charge in [-0.15, -0.1) is 0 Å². The zero-order chi connectivity index (χ0) is 17.5. The SMILES string of the molecule is C=C(O)C(/C(C)=C\C)C1C(=O)C(c2c(C)[nH]n(CC)c2=O)=C1O. The van der Waals surface area contributed by atoms with Crippen LogP contribution in [0.4, 0.5) is 0 Å². The third-order valence-electron chi connectivity index (χ3n) is 4.42. The molecule has 0 saturated heterocycles. The summed E-state index contributed by atoms with van der Waals surface area (Å²) in [5, 5.41) is 23.1. The van der Waals surface area contributed by atoms with E-state index >= 15 is 0 Å². The number of aryl methyl sites for hydroxylation is 2. The van der Waals surface area contributed by atoms with Gasteiger partial charge in [0.1, 0.15) is 5.76 Å². The van der Waals surface area contributed by atoms with Crippen LogP contribution in [-0.2, 0) is 11.3 Å². The van der Waals surface area contributed by atoms with Crippen LogP contribution in [0.15, 0.2) is 34.5 Å². The summed E-state index contributed by atoms with van der Waals surface area (Å²) in [6.45, 7) is 11.0. The molecule has 0 spiro atoms. The fraction of sp³-hybridized carbons (Fsp3) is 0.412. The standard InChI is InChI=1S/C17H22N2O4/c1-6-8(3)11(10(5)20)13-15(21)14(16(13)22)12-9(4)18-19(7-2)17(12)23/h6,11,13,18,20-21H,5,7H2,1-4H3/b8-6-. The number of hydrogen-bond donors (Lipinski definition) is 3. The van der Waals surface area contributed by atoms with Gasteiger partial charge in [-0.2, -0.15) is 0 Å². The number of H-pyrrole nitrogens is 1. The second-order valence-corrected chi connectivity index (χ2v) is 5.77. The Morgan fingerprint density at radius 2 is 2.09 bits per heavy atom. The van der Waals surface area contributed by atoms with Gasteiger partial charge in [0.15, 0.2) is 5.78 Å². The van der Waals surface area contributed by atoms with Gasteiger partial charge in [0.05, 0.1) is 28.7 Å². The van der Waals surface area contributed by atoms with Gasteiger partial charge >= 0.3 is 0 Å². The number of nitrogens with zero attached hydrogens (tertiary/aromatic N) is 1. The minimum atomic E-state index is -0.887. The molecule has 0 aliphatic heterocycles. The van der Waals surface area contributed by atoms with Gasteiger partial charge in [0.25, 0.3) is 5.56 Å². The molecule has 2 atom stereocenters. The molecule has 1 aliphatic rings. The van der Waals surface area contributed by atoms with E-state index in [2.05, 4.69) is 11.7 Å². The quantitative estimate of drug-likeness (QED) is 0.574. The van der Waals surface area contributed by atoms with Crippen molar-refractivity contribution >= 4 is 11.4 Å². The Morgan fingerprint density at radius 3 is 2.48 bits per heavy atom. The van der Waals surface area contributed by atoms with Crippen molar-refractivity contribution in [3.05, 3.63) is 51.4 Å². The Morgan fingerprint density at radius 1 is 1.48 bits per heavy atom. The van der Waals surface area contributed by atoms with Gasteiger partial charge in [-0.3, -0.25) is 19.4 Å². The predicted molar refractivity (Wildman–Crippen MR) is 88.2 cm³/mol. The van der Waals surface area contributed by atoms with E-state index in [0.717, 1.165) is 5.57 Å². The van der Waals surface area contributed by atoms with Gasteiger partial charge < -0.3 is 10.2 Å². The lowest BCUT2D eigenvalue weighted by Gasteiger charge is -2.33. The van der Waals surface area contributed by atoms with Crippen LogP contribution in [0.25, 0.3) is 5.57 Å². The highest BCUT2D eigenvalue weighted by atomic mass is 16.3. The number of aliphatic hydroxyl groups is 2. The summed E-state index contributed by atoms with van der Waals surface area (Å²) in [6.07, 6.45) is 1.76. The molecule has 0 fully saturated rings. The highest BCUT2D eigenvalue weighted by Gasteiger charge is 2.48. The summed E-state index contributed by atoms with van der Waals surface area (Å²) in [6, 6.07) is 0. The lowest BCUT2D eigenvalue weighted by Crippen LogP contribution is -2.39. The molecule has 0 radical (unpaired) electrons. The molecule has 1 aromatic heterocycles. The van der Waals surface area contributed by atoms with E-state index in [9.17, 15) is 19.8 Å². The zero-order valence-corrected chi connectivity index (χ0v) is 13.8. The van der Waals surface area contributed by atoms with Crippen LogP contribution in [0, 0.1) is 18.8 Å². The normalized spacial score (nSPS) is 19.7. The van der Waals surface area contributed by atoms with Crippen LogP contribution < -0.4 is 5.56 Å². The van der Waals surface area contributed by atoms with Crippen molar-refractivity contribution in [2.75, 3.05) is 0 Å². The van der Waals surface area contributed by atoms with Crippen LogP contribution in [0.1, 0.15) is 32.0 Å². The number of aliphatic hydroxyl groups excluding tert-OH is 2. The third kappa shape index (κ3) is 2.44. The summed E-state index contributed by atoms with van der Waals surface area (Å²) < 4.78 is 1.38. The first-order valence-electron chi connectivity index (χ1n) is 7.53. The molecule has 2 unspecified atom stereocenters. The molecule has 3 N–H and O–H groups in total. The second-order valence-electron chi connectivity index (χ2n) is 5.77. The Labute approximate surface area is 134 Å². The topological polar surface area (TPSA) is 95.3 Å². The highest BCUT2D eigenvalue weighted by molar-refractivity contribution is 6.30. The number of allylic oxidation sites excluding steroid dienone is 4. The fourth-order valence-electron chi connectivity index (χ4n) is 3.06. The number of nitrogens with one attached hydrogen (secondary N) is 1. The van der Waals surface area contributed by atoms with Crippen molar-refractivity contribution in [1.82, 2.24) is 9.78 Å². The van der Waals surface area contributed by atoms with Gasteiger partial charge in [0, 0.05) is 12.2 Å². The smallest absolute Gasteiger partial charge is 0.274 e. The van der Waals surface area contributed by atoms with Gasteiger partial charge in [-0.25, -0.2) is 0 Å². The number of aromatic amines is 1. The molecule has 6 nitrogen and oxygen atoms in total. The molecule has 6 heteroatoms. The Bertz CT molecular complexity index is 792. The van der Waals surface area contributed by atoms with Gasteiger partial charge in [0.2, 0.25) is 0 Å². The molecule has 1 aliphatic carbocycles. The van der Waals surface area contributed by atoms with Crippen molar-refractivity contribution in [3.8, 4) is 0 Å². The lowest BCUT2D eigenvalue weighted by atomic mass is 9.69. The summed E-state index contributed by atoms with van der Waals surface area (Å²) in [5.74, 6) is -2.27.